The van der Waals surface area contributed by atoms with E-state index >= 15 is 0 Å². The highest BCUT2D eigenvalue weighted by Crippen LogP contribution is 2.19. The normalized spacial score (nSPS) is 17.2. The third-order valence-corrected chi connectivity index (χ3v) is 1.93. The Hall–Kier alpha value is -1.64. The molecule has 3 heteroatoms. The second-order valence-electron chi connectivity index (χ2n) is 2.65. The van der Waals surface area contributed by atoms with Crippen LogP contribution in [0, 0.1) is 0 Å². The first-order chi connectivity index (χ1) is 6.11. The molecular formula is C10H10O3. The molecule has 68 valence electrons. The minimum atomic E-state index is -0.283. The van der Waals surface area contributed by atoms with Crippen LogP contribution in [0.3, 0.4) is 0 Å². The summed E-state index contributed by atoms with van der Waals surface area (Å²) in [6, 6.07) is 0. The van der Waals surface area contributed by atoms with Crippen molar-refractivity contribution in [3.63, 3.8) is 0 Å². The van der Waals surface area contributed by atoms with Gasteiger partial charge in [-0.15, -0.1) is 0 Å². The van der Waals surface area contributed by atoms with Gasteiger partial charge in [0.05, 0.1) is 7.11 Å². The van der Waals surface area contributed by atoms with Crippen molar-refractivity contribution in [3.05, 3.63) is 35.6 Å². The molecule has 0 saturated heterocycles. The van der Waals surface area contributed by atoms with Gasteiger partial charge in [0, 0.05) is 17.2 Å². The van der Waals surface area contributed by atoms with Crippen LogP contribution in [0.1, 0.15) is 6.92 Å². The van der Waals surface area contributed by atoms with Gasteiger partial charge in [0.2, 0.25) is 5.78 Å². The smallest absolute Gasteiger partial charge is 0.228 e. The maximum atomic E-state index is 11.5. The highest BCUT2D eigenvalue weighted by Gasteiger charge is 2.24. The quantitative estimate of drug-likeness (QED) is 0.596. The van der Waals surface area contributed by atoms with E-state index in [0.717, 1.165) is 0 Å². The van der Waals surface area contributed by atoms with Crippen LogP contribution in [0.5, 0.6) is 0 Å². The van der Waals surface area contributed by atoms with Crippen molar-refractivity contribution in [2.75, 3.05) is 7.11 Å². The summed E-state index contributed by atoms with van der Waals surface area (Å²) < 4.78 is 4.76. The Labute approximate surface area is 76.4 Å². The monoisotopic (exact) mass is 178 g/mol. The van der Waals surface area contributed by atoms with Crippen LogP contribution < -0.4 is 0 Å². The molecule has 0 atom stereocenters. The molecule has 3 nitrogen and oxygen atoms in total. The summed E-state index contributed by atoms with van der Waals surface area (Å²) in [7, 11) is 1.36. The van der Waals surface area contributed by atoms with Crippen LogP contribution in [0.4, 0.5) is 0 Å². The lowest BCUT2D eigenvalue weighted by Gasteiger charge is -2.12. The Morgan fingerprint density at radius 3 is 2.54 bits per heavy atom. The fourth-order valence-corrected chi connectivity index (χ4v) is 1.13. The van der Waals surface area contributed by atoms with Crippen LogP contribution in [0.2, 0.25) is 0 Å². The molecule has 0 aliphatic heterocycles. The molecule has 0 aromatic carbocycles. The molecular weight excluding hydrogens is 168 g/mol. The summed E-state index contributed by atoms with van der Waals surface area (Å²) in [6.45, 7) is 5.07. The van der Waals surface area contributed by atoms with Gasteiger partial charge in [-0.2, -0.15) is 0 Å². The van der Waals surface area contributed by atoms with Crippen LogP contribution in [-0.2, 0) is 14.3 Å². The average molecular weight is 178 g/mol. The summed E-state index contributed by atoms with van der Waals surface area (Å²) in [5.74, 6) is -0.411. The molecule has 0 N–H and O–H groups in total. The fraction of sp³-hybridized carbons (Fsp3) is 0.200. The fourth-order valence-electron chi connectivity index (χ4n) is 1.13. The van der Waals surface area contributed by atoms with E-state index in [1.54, 1.807) is 6.92 Å². The molecule has 0 bridgehead atoms. The summed E-state index contributed by atoms with van der Waals surface area (Å²) in [6.07, 6.45) is 2.58. The summed E-state index contributed by atoms with van der Waals surface area (Å²) in [5, 5.41) is 0. The number of ether oxygens (including phenoxy) is 1. The number of hydrogen-bond donors (Lipinski definition) is 0. The van der Waals surface area contributed by atoms with E-state index in [-0.39, 0.29) is 17.3 Å². The highest BCUT2D eigenvalue weighted by molar-refractivity contribution is 6.22. The van der Waals surface area contributed by atoms with Crippen molar-refractivity contribution in [1.82, 2.24) is 0 Å². The predicted octanol–water partition coefficient (Wildman–Crippen LogP) is 1.17. The molecule has 0 amide bonds. The van der Waals surface area contributed by atoms with Crippen LogP contribution in [0.15, 0.2) is 35.6 Å². The molecule has 1 aliphatic rings. The first kappa shape index (κ1) is 9.45. The second-order valence-corrected chi connectivity index (χ2v) is 2.65. The largest absolute Gasteiger partial charge is 0.492 e. The average Bonchev–Trinajstić information content (AvgIpc) is 2.12. The van der Waals surface area contributed by atoms with E-state index in [2.05, 4.69) is 6.58 Å². The Morgan fingerprint density at radius 2 is 2.08 bits per heavy atom. The van der Waals surface area contributed by atoms with Gasteiger partial charge in [0.15, 0.2) is 11.5 Å². The Bertz CT molecular complexity index is 345. The third kappa shape index (κ3) is 1.45. The van der Waals surface area contributed by atoms with Crippen LogP contribution >= 0.6 is 0 Å². The van der Waals surface area contributed by atoms with Gasteiger partial charge in [-0.25, -0.2) is 0 Å². The summed E-state index contributed by atoms with van der Waals surface area (Å²) in [5.41, 5.74) is 0.741. The van der Waals surface area contributed by atoms with Crippen LogP contribution in [-0.4, -0.2) is 18.7 Å². The molecule has 0 aromatic rings. The molecule has 0 heterocycles. The van der Waals surface area contributed by atoms with Crippen LogP contribution in [0.25, 0.3) is 0 Å². The van der Waals surface area contributed by atoms with E-state index in [0.29, 0.717) is 11.1 Å². The Morgan fingerprint density at radius 1 is 1.46 bits per heavy atom. The number of ketones is 2. The zero-order chi connectivity index (χ0) is 10.0. The number of hydrogen-bond acceptors (Lipinski definition) is 3. The minimum absolute atomic E-state index is 0.0745. The lowest BCUT2D eigenvalue weighted by Crippen LogP contribution is -2.17. The number of allylic oxidation sites excluding steroid dienone is 4. The summed E-state index contributed by atoms with van der Waals surface area (Å²) >= 11 is 0. The first-order valence-corrected chi connectivity index (χ1v) is 3.79. The number of carbonyl (C=O) groups excluding carboxylic acids is 2. The lowest BCUT2D eigenvalue weighted by atomic mass is 9.95. The zero-order valence-corrected chi connectivity index (χ0v) is 7.59. The molecule has 0 radical (unpaired) electrons. The molecule has 1 aliphatic carbocycles. The summed E-state index contributed by atoms with van der Waals surface area (Å²) in [4.78, 5) is 22.7. The van der Waals surface area contributed by atoms with Gasteiger partial charge in [-0.3, -0.25) is 9.59 Å². The van der Waals surface area contributed by atoms with Gasteiger partial charge < -0.3 is 4.74 Å². The van der Waals surface area contributed by atoms with Crippen molar-refractivity contribution in [2.45, 2.75) is 6.92 Å². The number of rotatable bonds is 2. The van der Waals surface area contributed by atoms with Gasteiger partial charge in [-0.05, 0) is 6.92 Å². The standard InChI is InChI=1S/C10H10O3/c1-4-7-6(2)8(11)5-9(13-3)10(7)12/h4-5H,1H2,2-3H3. The molecule has 0 fully saturated rings. The van der Waals surface area contributed by atoms with E-state index < -0.39 is 0 Å². The SMILES string of the molecule is C=CC1=C(C)C(=O)C=C(OC)C1=O. The van der Waals surface area contributed by atoms with E-state index in [1.807, 2.05) is 0 Å². The molecule has 0 unspecified atom stereocenters. The topological polar surface area (TPSA) is 43.4 Å². The van der Waals surface area contributed by atoms with Crippen molar-refractivity contribution >= 4 is 11.6 Å². The maximum absolute atomic E-state index is 11.5. The van der Waals surface area contributed by atoms with Gasteiger partial charge >= 0.3 is 0 Å². The van der Waals surface area contributed by atoms with Gasteiger partial charge in [0.1, 0.15) is 0 Å². The lowest BCUT2D eigenvalue weighted by molar-refractivity contribution is -0.117. The molecule has 0 spiro atoms. The number of carbonyl (C=O) groups is 2. The molecule has 1 rings (SSSR count). The van der Waals surface area contributed by atoms with Crippen molar-refractivity contribution < 1.29 is 14.3 Å². The van der Waals surface area contributed by atoms with Gasteiger partial charge in [-0.1, -0.05) is 12.7 Å². The Balaban J connectivity index is 3.21. The van der Waals surface area contributed by atoms with E-state index in [4.69, 9.17) is 4.74 Å². The Kier molecular flexibility index (Phi) is 2.46. The minimum Gasteiger partial charge on any atom is -0.492 e. The highest BCUT2D eigenvalue weighted by atomic mass is 16.5. The van der Waals surface area contributed by atoms with Crippen molar-refractivity contribution in [3.8, 4) is 0 Å². The molecule has 0 aromatic heterocycles. The van der Waals surface area contributed by atoms with Crippen molar-refractivity contribution in [1.29, 1.82) is 0 Å². The predicted molar refractivity (Wildman–Crippen MR) is 48.0 cm³/mol. The number of Topliss-reactive ketones (excluding diaryl/α,β-unsaturated/α-hetero) is 1. The first-order valence-electron chi connectivity index (χ1n) is 3.79. The van der Waals surface area contributed by atoms with E-state index in [1.165, 1.54) is 19.3 Å². The molecule has 0 saturated carbocycles. The second kappa shape index (κ2) is 3.39. The third-order valence-electron chi connectivity index (χ3n) is 1.93. The zero-order valence-electron chi connectivity index (χ0n) is 7.59. The maximum Gasteiger partial charge on any atom is 0.228 e. The van der Waals surface area contributed by atoms with Gasteiger partial charge in [0.25, 0.3) is 0 Å². The van der Waals surface area contributed by atoms with E-state index in [9.17, 15) is 9.59 Å². The van der Waals surface area contributed by atoms with Crippen molar-refractivity contribution in [2.24, 2.45) is 0 Å². The molecule has 13 heavy (non-hydrogen) atoms. The number of methoxy groups -OCH3 is 1.